The summed E-state index contributed by atoms with van der Waals surface area (Å²) in [7, 11) is 0. The normalized spacial score (nSPS) is 13.0. The second kappa shape index (κ2) is 7.75. The first kappa shape index (κ1) is 18.7. The molecule has 3 heterocycles. The number of carbonyl (C=O) groups excluding carboxylic acids is 2. The summed E-state index contributed by atoms with van der Waals surface area (Å²) in [5, 5.41) is 7.22. The molecule has 4 rings (SSSR count). The van der Waals surface area contributed by atoms with Crippen LogP contribution in [0, 0.1) is 13.8 Å². The lowest BCUT2D eigenvalue weighted by Gasteiger charge is -2.29. The molecule has 2 aromatic heterocycles. The molecule has 0 atom stereocenters. The number of benzene rings is 1. The fraction of sp³-hybridized carbons (Fsp3) is 0.238. The van der Waals surface area contributed by atoms with Gasteiger partial charge in [0.2, 0.25) is 5.91 Å². The molecule has 0 unspecified atom stereocenters. The Morgan fingerprint density at radius 2 is 2.03 bits per heavy atom. The first-order valence-corrected chi connectivity index (χ1v) is 9.33. The second-order valence-electron chi connectivity index (χ2n) is 6.84. The molecule has 1 aliphatic heterocycles. The number of fused-ring (bicyclic) bond motifs is 1. The maximum Gasteiger partial charge on any atom is 0.265 e. The number of aromatic nitrogens is 3. The maximum atomic E-state index is 12.4. The van der Waals surface area contributed by atoms with Crippen molar-refractivity contribution in [1.29, 1.82) is 0 Å². The van der Waals surface area contributed by atoms with Crippen LogP contribution >= 0.6 is 0 Å². The van der Waals surface area contributed by atoms with Crippen molar-refractivity contribution >= 4 is 23.2 Å². The predicted molar refractivity (Wildman–Crippen MR) is 108 cm³/mol. The highest BCUT2D eigenvalue weighted by atomic mass is 16.5. The molecular weight excluding hydrogens is 370 g/mol. The molecule has 8 nitrogen and oxygen atoms in total. The number of carbonyl (C=O) groups is 2. The van der Waals surface area contributed by atoms with Crippen molar-refractivity contribution in [1.82, 2.24) is 14.8 Å². The molecule has 8 heteroatoms. The van der Waals surface area contributed by atoms with E-state index in [1.807, 2.05) is 44.2 Å². The van der Waals surface area contributed by atoms with Crippen molar-refractivity contribution in [2.45, 2.75) is 20.3 Å². The van der Waals surface area contributed by atoms with E-state index in [1.54, 1.807) is 27.9 Å². The molecule has 148 valence electrons. The van der Waals surface area contributed by atoms with Crippen LogP contribution in [0.5, 0.6) is 5.75 Å². The van der Waals surface area contributed by atoms with Crippen LogP contribution in [-0.2, 0) is 9.59 Å². The summed E-state index contributed by atoms with van der Waals surface area (Å²) in [5.74, 6) is 0.982. The molecule has 0 spiro atoms. The standard InChI is InChI=1S/C21H21N5O3/c1-14-11-15(2)26(24-14)19-8-7-16(12-22-19)23-20(27)9-10-25-17-5-3-4-6-18(17)29-13-21(25)28/h3-8,11-12H,9-10,13H2,1-2H3,(H,23,27). The largest absolute Gasteiger partial charge is 0.482 e. The summed E-state index contributed by atoms with van der Waals surface area (Å²) in [6.07, 6.45) is 1.76. The van der Waals surface area contributed by atoms with Gasteiger partial charge in [0.1, 0.15) is 5.75 Å². The van der Waals surface area contributed by atoms with Crippen molar-refractivity contribution in [3.63, 3.8) is 0 Å². The Bertz CT molecular complexity index is 1060. The number of aryl methyl sites for hydroxylation is 2. The van der Waals surface area contributed by atoms with Crippen molar-refractivity contribution < 1.29 is 14.3 Å². The van der Waals surface area contributed by atoms with Crippen LogP contribution in [0.1, 0.15) is 17.8 Å². The number of ether oxygens (including phenoxy) is 1. The first-order chi connectivity index (χ1) is 14.0. The minimum atomic E-state index is -0.192. The molecular formula is C21H21N5O3. The van der Waals surface area contributed by atoms with E-state index in [-0.39, 0.29) is 31.4 Å². The highest BCUT2D eigenvalue weighted by molar-refractivity contribution is 5.99. The highest BCUT2D eigenvalue weighted by Crippen LogP contribution is 2.31. The van der Waals surface area contributed by atoms with Crippen molar-refractivity contribution in [2.24, 2.45) is 0 Å². The number of nitrogens with one attached hydrogen (secondary N) is 1. The van der Waals surface area contributed by atoms with Gasteiger partial charge in [0.05, 0.1) is 23.3 Å². The monoisotopic (exact) mass is 391 g/mol. The van der Waals surface area contributed by atoms with Crippen LogP contribution in [0.3, 0.4) is 0 Å². The molecule has 0 saturated heterocycles. The van der Waals surface area contributed by atoms with Gasteiger partial charge in [0, 0.05) is 18.7 Å². The van der Waals surface area contributed by atoms with E-state index >= 15 is 0 Å². The topological polar surface area (TPSA) is 89.4 Å². The number of pyridine rings is 1. The number of amides is 2. The molecule has 2 amide bonds. The van der Waals surface area contributed by atoms with E-state index in [0.29, 0.717) is 22.9 Å². The Balaban J connectivity index is 1.38. The van der Waals surface area contributed by atoms with Crippen molar-refractivity contribution in [3.05, 3.63) is 60.0 Å². The third-order valence-electron chi connectivity index (χ3n) is 4.63. The van der Waals surface area contributed by atoms with Gasteiger partial charge in [-0.3, -0.25) is 9.59 Å². The van der Waals surface area contributed by atoms with Gasteiger partial charge in [-0.05, 0) is 44.2 Å². The zero-order valence-electron chi connectivity index (χ0n) is 16.3. The fourth-order valence-electron chi connectivity index (χ4n) is 3.28. The van der Waals surface area contributed by atoms with Crippen molar-refractivity contribution in [3.8, 4) is 11.6 Å². The molecule has 1 N–H and O–H groups in total. The van der Waals surface area contributed by atoms with Gasteiger partial charge in [-0.25, -0.2) is 9.67 Å². The molecule has 0 radical (unpaired) electrons. The van der Waals surface area contributed by atoms with Crippen molar-refractivity contribution in [2.75, 3.05) is 23.4 Å². The SMILES string of the molecule is Cc1cc(C)n(-c2ccc(NC(=O)CCN3C(=O)COc4ccccc43)cn2)n1. The Morgan fingerprint density at radius 3 is 2.76 bits per heavy atom. The zero-order chi connectivity index (χ0) is 20.4. The second-order valence-corrected chi connectivity index (χ2v) is 6.84. The van der Waals surface area contributed by atoms with E-state index in [1.165, 1.54) is 0 Å². The zero-order valence-corrected chi connectivity index (χ0v) is 16.3. The summed E-state index contributed by atoms with van der Waals surface area (Å²) in [4.78, 5) is 30.5. The summed E-state index contributed by atoms with van der Waals surface area (Å²) >= 11 is 0. The van der Waals surface area contributed by atoms with E-state index in [4.69, 9.17) is 4.74 Å². The first-order valence-electron chi connectivity index (χ1n) is 9.33. The van der Waals surface area contributed by atoms with Crippen LogP contribution in [0.2, 0.25) is 0 Å². The van der Waals surface area contributed by atoms with E-state index in [2.05, 4.69) is 15.4 Å². The quantitative estimate of drug-likeness (QED) is 0.722. The third-order valence-corrected chi connectivity index (χ3v) is 4.63. The lowest BCUT2D eigenvalue weighted by atomic mass is 10.2. The molecule has 0 bridgehead atoms. The number of nitrogens with zero attached hydrogens (tertiary/aromatic N) is 4. The van der Waals surface area contributed by atoms with Crippen LogP contribution in [0.25, 0.3) is 5.82 Å². The van der Waals surface area contributed by atoms with Crippen LogP contribution in [-0.4, -0.2) is 39.7 Å². The molecule has 29 heavy (non-hydrogen) atoms. The van der Waals surface area contributed by atoms with Gasteiger partial charge >= 0.3 is 0 Å². The summed E-state index contributed by atoms with van der Waals surface area (Å²) in [5.41, 5.74) is 3.18. The molecule has 0 fully saturated rings. The Kier molecular flexibility index (Phi) is 4.99. The Labute approximate surface area is 168 Å². The average molecular weight is 391 g/mol. The number of rotatable bonds is 5. The van der Waals surface area contributed by atoms with E-state index in [9.17, 15) is 9.59 Å². The van der Waals surface area contributed by atoms with Gasteiger partial charge in [0.25, 0.3) is 5.91 Å². The number of hydrogen-bond donors (Lipinski definition) is 1. The molecule has 3 aromatic rings. The summed E-state index contributed by atoms with van der Waals surface area (Å²) in [6.45, 7) is 4.15. The fourth-order valence-corrected chi connectivity index (χ4v) is 3.28. The van der Waals surface area contributed by atoms with Gasteiger partial charge in [0.15, 0.2) is 12.4 Å². The number of para-hydroxylation sites is 2. The Morgan fingerprint density at radius 1 is 1.21 bits per heavy atom. The lowest BCUT2D eigenvalue weighted by molar-refractivity contribution is -0.121. The summed E-state index contributed by atoms with van der Waals surface area (Å²) in [6, 6.07) is 12.9. The molecule has 0 saturated carbocycles. The summed E-state index contributed by atoms with van der Waals surface area (Å²) < 4.78 is 7.17. The maximum absolute atomic E-state index is 12.4. The van der Waals surface area contributed by atoms with Crippen LogP contribution in [0.15, 0.2) is 48.7 Å². The minimum absolute atomic E-state index is 0.0175. The smallest absolute Gasteiger partial charge is 0.265 e. The third kappa shape index (κ3) is 3.96. The van der Waals surface area contributed by atoms with E-state index < -0.39 is 0 Å². The van der Waals surface area contributed by atoms with Gasteiger partial charge in [-0.2, -0.15) is 5.10 Å². The van der Waals surface area contributed by atoms with Crippen LogP contribution in [0.4, 0.5) is 11.4 Å². The van der Waals surface area contributed by atoms with Gasteiger partial charge < -0.3 is 15.0 Å². The van der Waals surface area contributed by atoms with Gasteiger partial charge in [-0.1, -0.05) is 12.1 Å². The molecule has 1 aromatic carbocycles. The average Bonchev–Trinajstić information content (AvgIpc) is 3.06. The number of anilines is 2. The highest BCUT2D eigenvalue weighted by Gasteiger charge is 2.25. The Hall–Kier alpha value is -3.68. The predicted octanol–water partition coefficient (Wildman–Crippen LogP) is 2.64. The molecule has 0 aliphatic carbocycles. The van der Waals surface area contributed by atoms with E-state index in [0.717, 1.165) is 11.4 Å². The number of hydrogen-bond acceptors (Lipinski definition) is 5. The molecule has 1 aliphatic rings. The lowest BCUT2D eigenvalue weighted by Crippen LogP contribution is -2.40. The van der Waals surface area contributed by atoms with Crippen LogP contribution < -0.4 is 15.0 Å². The minimum Gasteiger partial charge on any atom is -0.482 e. The van der Waals surface area contributed by atoms with Gasteiger partial charge in [-0.15, -0.1) is 0 Å².